The standard InChI is InChI=1S/C18H15NO2S/c1-21-15-11-14(12-5-3-2-4-6-12)18(20)19-9-7-13-8-10-22-17(13)16(15)19/h2-6,8,10-11H,7,9H2,1H3. The number of thiophene rings is 1. The lowest BCUT2D eigenvalue weighted by atomic mass is 10.0. The molecule has 0 saturated heterocycles. The van der Waals surface area contributed by atoms with Crippen molar-refractivity contribution in [2.24, 2.45) is 0 Å². The molecule has 2 aromatic heterocycles. The lowest BCUT2D eigenvalue weighted by Gasteiger charge is -2.22. The van der Waals surface area contributed by atoms with Crippen molar-refractivity contribution in [1.82, 2.24) is 4.57 Å². The molecule has 0 aliphatic carbocycles. The van der Waals surface area contributed by atoms with Gasteiger partial charge in [0.15, 0.2) is 0 Å². The number of pyridine rings is 1. The van der Waals surface area contributed by atoms with Gasteiger partial charge in [-0.15, -0.1) is 11.3 Å². The largest absolute Gasteiger partial charge is 0.494 e. The molecule has 1 aliphatic heterocycles. The monoisotopic (exact) mass is 309 g/mol. The van der Waals surface area contributed by atoms with E-state index in [1.54, 1.807) is 18.4 Å². The molecular weight excluding hydrogens is 294 g/mol. The molecule has 3 heterocycles. The molecule has 0 fully saturated rings. The van der Waals surface area contributed by atoms with E-state index in [9.17, 15) is 4.79 Å². The highest BCUT2D eigenvalue weighted by Crippen LogP contribution is 2.40. The first-order chi connectivity index (χ1) is 10.8. The number of ether oxygens (including phenoxy) is 1. The van der Waals surface area contributed by atoms with Crippen LogP contribution in [0.25, 0.3) is 21.7 Å². The Hall–Kier alpha value is -2.33. The zero-order valence-electron chi connectivity index (χ0n) is 12.2. The van der Waals surface area contributed by atoms with Crippen molar-refractivity contribution in [3.8, 4) is 27.4 Å². The van der Waals surface area contributed by atoms with Crippen LogP contribution in [0.4, 0.5) is 0 Å². The molecule has 0 atom stereocenters. The number of hydrogen-bond donors (Lipinski definition) is 0. The summed E-state index contributed by atoms with van der Waals surface area (Å²) < 4.78 is 7.46. The van der Waals surface area contributed by atoms with Crippen molar-refractivity contribution < 1.29 is 4.74 Å². The van der Waals surface area contributed by atoms with Gasteiger partial charge < -0.3 is 9.30 Å². The molecule has 1 aliphatic rings. The smallest absolute Gasteiger partial charge is 0.259 e. The van der Waals surface area contributed by atoms with Crippen LogP contribution in [0.3, 0.4) is 0 Å². The van der Waals surface area contributed by atoms with E-state index in [-0.39, 0.29) is 5.56 Å². The first-order valence-corrected chi connectivity index (χ1v) is 8.11. The molecule has 0 bridgehead atoms. The summed E-state index contributed by atoms with van der Waals surface area (Å²) in [5.41, 5.74) is 3.90. The predicted molar refractivity (Wildman–Crippen MR) is 89.7 cm³/mol. The summed E-state index contributed by atoms with van der Waals surface area (Å²) >= 11 is 1.67. The van der Waals surface area contributed by atoms with Crippen LogP contribution in [0.1, 0.15) is 5.56 Å². The van der Waals surface area contributed by atoms with E-state index in [2.05, 4.69) is 11.4 Å². The molecule has 0 spiro atoms. The lowest BCUT2D eigenvalue weighted by molar-refractivity contribution is 0.410. The summed E-state index contributed by atoms with van der Waals surface area (Å²) in [6.07, 6.45) is 0.896. The highest BCUT2D eigenvalue weighted by Gasteiger charge is 2.24. The quantitative estimate of drug-likeness (QED) is 0.721. The summed E-state index contributed by atoms with van der Waals surface area (Å²) in [4.78, 5) is 14.1. The zero-order chi connectivity index (χ0) is 15.1. The number of nitrogens with zero attached hydrogens (tertiary/aromatic N) is 1. The fraction of sp³-hybridized carbons (Fsp3) is 0.167. The van der Waals surface area contributed by atoms with Crippen LogP contribution in [0.5, 0.6) is 5.75 Å². The number of hydrogen-bond acceptors (Lipinski definition) is 3. The molecule has 110 valence electrons. The number of aromatic nitrogens is 1. The van der Waals surface area contributed by atoms with Gasteiger partial charge >= 0.3 is 0 Å². The number of aryl methyl sites for hydroxylation is 1. The minimum Gasteiger partial charge on any atom is -0.494 e. The molecule has 0 N–H and O–H groups in total. The Morgan fingerprint density at radius 3 is 2.77 bits per heavy atom. The van der Waals surface area contributed by atoms with Gasteiger partial charge in [-0.3, -0.25) is 4.79 Å². The highest BCUT2D eigenvalue weighted by molar-refractivity contribution is 7.13. The normalized spacial score (nSPS) is 12.6. The van der Waals surface area contributed by atoms with Crippen LogP contribution in [0.15, 0.2) is 52.6 Å². The van der Waals surface area contributed by atoms with Gasteiger partial charge in [0.05, 0.1) is 17.6 Å². The zero-order valence-corrected chi connectivity index (χ0v) is 13.0. The number of rotatable bonds is 2. The van der Waals surface area contributed by atoms with Crippen molar-refractivity contribution in [2.45, 2.75) is 13.0 Å². The maximum atomic E-state index is 12.9. The van der Waals surface area contributed by atoms with Crippen LogP contribution < -0.4 is 10.3 Å². The summed E-state index contributed by atoms with van der Waals surface area (Å²) in [5.74, 6) is 0.766. The van der Waals surface area contributed by atoms with Gasteiger partial charge in [0.1, 0.15) is 11.4 Å². The first kappa shape index (κ1) is 13.3. The molecule has 0 amide bonds. The maximum absolute atomic E-state index is 12.9. The van der Waals surface area contributed by atoms with Gasteiger partial charge in [-0.2, -0.15) is 0 Å². The second-order valence-corrected chi connectivity index (χ2v) is 6.24. The Kier molecular flexibility index (Phi) is 3.12. The van der Waals surface area contributed by atoms with E-state index in [0.717, 1.165) is 28.3 Å². The molecular formula is C18H15NO2S. The fourth-order valence-electron chi connectivity index (χ4n) is 3.04. The highest BCUT2D eigenvalue weighted by atomic mass is 32.1. The van der Waals surface area contributed by atoms with Gasteiger partial charge in [-0.05, 0) is 35.1 Å². The van der Waals surface area contributed by atoms with Crippen molar-refractivity contribution in [2.75, 3.05) is 7.11 Å². The van der Waals surface area contributed by atoms with E-state index in [4.69, 9.17) is 4.74 Å². The lowest BCUT2D eigenvalue weighted by Crippen LogP contribution is -2.27. The molecule has 22 heavy (non-hydrogen) atoms. The average molecular weight is 309 g/mol. The summed E-state index contributed by atoms with van der Waals surface area (Å²) in [7, 11) is 1.66. The third-order valence-corrected chi connectivity index (χ3v) is 5.09. The molecule has 4 heteroatoms. The van der Waals surface area contributed by atoms with Gasteiger partial charge in [-0.1, -0.05) is 30.3 Å². The third kappa shape index (κ3) is 1.91. The van der Waals surface area contributed by atoms with E-state index in [0.29, 0.717) is 12.1 Å². The topological polar surface area (TPSA) is 31.2 Å². The van der Waals surface area contributed by atoms with Crippen LogP contribution in [-0.2, 0) is 13.0 Å². The van der Waals surface area contributed by atoms with Crippen LogP contribution in [0, 0.1) is 0 Å². The first-order valence-electron chi connectivity index (χ1n) is 7.23. The second-order valence-electron chi connectivity index (χ2n) is 5.32. The summed E-state index contributed by atoms with van der Waals surface area (Å²) in [6, 6.07) is 13.8. The van der Waals surface area contributed by atoms with Crippen molar-refractivity contribution >= 4 is 11.3 Å². The number of benzene rings is 1. The maximum Gasteiger partial charge on any atom is 0.259 e. The minimum atomic E-state index is 0.0565. The van der Waals surface area contributed by atoms with Crippen LogP contribution >= 0.6 is 11.3 Å². The van der Waals surface area contributed by atoms with E-state index in [1.165, 1.54) is 5.56 Å². The van der Waals surface area contributed by atoms with E-state index >= 15 is 0 Å². The van der Waals surface area contributed by atoms with E-state index < -0.39 is 0 Å². The number of fused-ring (bicyclic) bond motifs is 3. The van der Waals surface area contributed by atoms with Crippen LogP contribution in [-0.4, -0.2) is 11.7 Å². The van der Waals surface area contributed by atoms with Gasteiger partial charge in [0.2, 0.25) is 0 Å². The molecule has 0 unspecified atom stereocenters. The van der Waals surface area contributed by atoms with Gasteiger partial charge in [-0.25, -0.2) is 0 Å². The molecule has 3 nitrogen and oxygen atoms in total. The molecule has 0 radical (unpaired) electrons. The molecule has 3 aromatic rings. The summed E-state index contributed by atoms with van der Waals surface area (Å²) in [5, 5.41) is 2.08. The average Bonchev–Trinajstić information content (AvgIpc) is 3.05. The Bertz CT molecular complexity index is 893. The van der Waals surface area contributed by atoms with Crippen LogP contribution in [0.2, 0.25) is 0 Å². The molecule has 4 rings (SSSR count). The predicted octanol–water partition coefficient (Wildman–Crippen LogP) is 3.81. The van der Waals surface area contributed by atoms with Gasteiger partial charge in [0, 0.05) is 6.54 Å². The van der Waals surface area contributed by atoms with E-state index in [1.807, 2.05) is 41.0 Å². The van der Waals surface area contributed by atoms with Gasteiger partial charge in [0.25, 0.3) is 5.56 Å². The van der Waals surface area contributed by atoms with Crippen molar-refractivity contribution in [1.29, 1.82) is 0 Å². The number of methoxy groups -OCH3 is 1. The minimum absolute atomic E-state index is 0.0565. The third-order valence-electron chi connectivity index (χ3n) is 4.13. The Balaban J connectivity index is 2.03. The Labute approximate surface area is 132 Å². The molecule has 0 saturated carbocycles. The fourth-order valence-corrected chi connectivity index (χ4v) is 4.05. The Morgan fingerprint density at radius 1 is 1.18 bits per heavy atom. The van der Waals surface area contributed by atoms with Crippen molar-refractivity contribution in [3.63, 3.8) is 0 Å². The second kappa shape index (κ2) is 5.14. The van der Waals surface area contributed by atoms with Crippen molar-refractivity contribution in [3.05, 3.63) is 63.8 Å². The summed E-state index contributed by atoms with van der Waals surface area (Å²) in [6.45, 7) is 0.703. The molecule has 1 aromatic carbocycles. The SMILES string of the molecule is COc1cc(-c2ccccc2)c(=O)n2c1-c1sccc1CC2. The Morgan fingerprint density at radius 2 is 2.00 bits per heavy atom.